The van der Waals surface area contributed by atoms with Crippen molar-refractivity contribution in [2.45, 2.75) is 46.0 Å². The fourth-order valence-corrected chi connectivity index (χ4v) is 1.64. The van der Waals surface area contributed by atoms with Crippen molar-refractivity contribution < 1.29 is 19.8 Å². The Hall–Kier alpha value is -1.32. The molecule has 0 aromatic heterocycles. The second kappa shape index (κ2) is 8.79. The third-order valence-electron chi connectivity index (χ3n) is 2.76. The van der Waals surface area contributed by atoms with Gasteiger partial charge in [-0.2, -0.15) is 0 Å². The molecule has 0 aliphatic heterocycles. The zero-order valence-corrected chi connectivity index (χ0v) is 10.6. The second-order valence-electron chi connectivity index (χ2n) is 4.33. The van der Waals surface area contributed by atoms with Crippen LogP contribution in [0.25, 0.3) is 0 Å². The minimum Gasteiger partial charge on any atom is -0.481 e. The van der Waals surface area contributed by atoms with Crippen molar-refractivity contribution in [1.29, 1.82) is 0 Å². The quantitative estimate of drug-likeness (QED) is 0.481. The van der Waals surface area contributed by atoms with Gasteiger partial charge in [0.25, 0.3) is 0 Å². The molecule has 0 aliphatic rings. The van der Waals surface area contributed by atoms with Crippen LogP contribution in [-0.4, -0.2) is 22.2 Å². The summed E-state index contributed by atoms with van der Waals surface area (Å²) >= 11 is 0. The molecule has 0 saturated carbocycles. The number of carboxylic acid groups (broad SMARTS) is 2. The maximum absolute atomic E-state index is 10.9. The Morgan fingerprint density at radius 3 is 2.35 bits per heavy atom. The van der Waals surface area contributed by atoms with E-state index < -0.39 is 17.9 Å². The highest BCUT2D eigenvalue weighted by molar-refractivity contribution is 5.78. The van der Waals surface area contributed by atoms with Gasteiger partial charge < -0.3 is 10.2 Å². The van der Waals surface area contributed by atoms with Crippen LogP contribution in [0.15, 0.2) is 12.2 Å². The molecule has 0 rings (SSSR count). The zero-order chi connectivity index (χ0) is 13.3. The molecular weight excluding hydrogens is 220 g/mol. The number of allylic oxidation sites excluding steroid dienone is 2. The maximum atomic E-state index is 10.9. The van der Waals surface area contributed by atoms with Crippen molar-refractivity contribution in [3.63, 3.8) is 0 Å². The zero-order valence-electron chi connectivity index (χ0n) is 10.6. The summed E-state index contributed by atoms with van der Waals surface area (Å²) < 4.78 is 0. The molecule has 0 amide bonds. The molecule has 0 aromatic carbocycles. The number of hydrogen-bond donors (Lipinski definition) is 2. The van der Waals surface area contributed by atoms with E-state index in [0.29, 0.717) is 0 Å². The topological polar surface area (TPSA) is 74.6 Å². The van der Waals surface area contributed by atoms with Gasteiger partial charge in [-0.15, -0.1) is 0 Å². The number of carboxylic acids is 2. The van der Waals surface area contributed by atoms with Crippen molar-refractivity contribution in [1.82, 2.24) is 0 Å². The highest BCUT2D eigenvalue weighted by atomic mass is 16.4. The van der Waals surface area contributed by atoms with E-state index in [2.05, 4.69) is 6.92 Å². The molecule has 4 heteroatoms. The van der Waals surface area contributed by atoms with Gasteiger partial charge in [-0.25, -0.2) is 0 Å². The Kier molecular flexibility index (Phi) is 8.11. The van der Waals surface area contributed by atoms with E-state index in [4.69, 9.17) is 10.2 Å². The predicted molar refractivity (Wildman–Crippen MR) is 65.8 cm³/mol. The fourth-order valence-electron chi connectivity index (χ4n) is 1.64. The third kappa shape index (κ3) is 7.55. The molecule has 2 N–H and O–H groups in total. The van der Waals surface area contributed by atoms with Crippen LogP contribution in [0.4, 0.5) is 0 Å². The first-order valence-corrected chi connectivity index (χ1v) is 6.10. The Balaban J connectivity index is 4.17. The number of aliphatic carboxylic acids is 2. The highest BCUT2D eigenvalue weighted by Gasteiger charge is 2.25. The van der Waals surface area contributed by atoms with Crippen molar-refractivity contribution in [3.8, 4) is 0 Å². The summed E-state index contributed by atoms with van der Waals surface area (Å²) in [6.07, 6.45) is 7.79. The van der Waals surface area contributed by atoms with Crippen LogP contribution in [0.1, 0.15) is 46.0 Å². The van der Waals surface area contributed by atoms with Crippen LogP contribution < -0.4 is 0 Å². The molecule has 17 heavy (non-hydrogen) atoms. The lowest BCUT2D eigenvalue weighted by Gasteiger charge is -2.14. The minimum atomic E-state index is -1.07. The van der Waals surface area contributed by atoms with Gasteiger partial charge in [0, 0.05) is 0 Å². The normalized spacial score (nSPS) is 14.7. The third-order valence-corrected chi connectivity index (χ3v) is 2.76. The smallest absolute Gasteiger partial charge is 0.307 e. The summed E-state index contributed by atoms with van der Waals surface area (Å²) in [6.45, 7) is 3.87. The van der Waals surface area contributed by atoms with Gasteiger partial charge in [0.15, 0.2) is 0 Å². The molecule has 0 aliphatic carbocycles. The van der Waals surface area contributed by atoms with Crippen molar-refractivity contribution in [2.75, 3.05) is 0 Å². The van der Waals surface area contributed by atoms with Crippen molar-refractivity contribution >= 4 is 11.9 Å². The van der Waals surface area contributed by atoms with Crippen LogP contribution in [-0.2, 0) is 9.59 Å². The van der Waals surface area contributed by atoms with E-state index >= 15 is 0 Å². The Morgan fingerprint density at radius 2 is 1.88 bits per heavy atom. The molecule has 0 saturated heterocycles. The van der Waals surface area contributed by atoms with E-state index in [-0.39, 0.29) is 12.3 Å². The average molecular weight is 242 g/mol. The highest BCUT2D eigenvalue weighted by Crippen LogP contribution is 2.18. The molecule has 98 valence electrons. The SMILES string of the molecule is CCCCCC=CC(C)C(CC(=O)O)C(=O)O. The molecule has 0 heterocycles. The van der Waals surface area contributed by atoms with Crippen molar-refractivity contribution in [2.24, 2.45) is 11.8 Å². The van der Waals surface area contributed by atoms with Gasteiger partial charge in [0.05, 0.1) is 12.3 Å². The van der Waals surface area contributed by atoms with E-state index in [0.717, 1.165) is 25.7 Å². The minimum absolute atomic E-state index is 0.245. The molecule has 0 spiro atoms. The molecule has 2 unspecified atom stereocenters. The lowest BCUT2D eigenvalue weighted by molar-refractivity contribution is -0.149. The van der Waals surface area contributed by atoms with Gasteiger partial charge in [-0.3, -0.25) is 9.59 Å². The van der Waals surface area contributed by atoms with E-state index in [9.17, 15) is 9.59 Å². The predicted octanol–water partition coefficient (Wildman–Crippen LogP) is 2.93. The first kappa shape index (κ1) is 15.7. The summed E-state index contributed by atoms with van der Waals surface area (Å²) in [5.74, 6) is -3.19. The summed E-state index contributed by atoms with van der Waals surface area (Å²) in [5, 5.41) is 17.6. The van der Waals surface area contributed by atoms with Crippen LogP contribution in [0.5, 0.6) is 0 Å². The molecule has 0 bridgehead atoms. The van der Waals surface area contributed by atoms with Gasteiger partial charge in [0.1, 0.15) is 0 Å². The lowest BCUT2D eigenvalue weighted by Crippen LogP contribution is -2.23. The summed E-state index contributed by atoms with van der Waals surface area (Å²) in [7, 11) is 0. The molecule has 0 fully saturated rings. The van der Waals surface area contributed by atoms with Crippen LogP contribution in [0.3, 0.4) is 0 Å². The first-order chi connectivity index (χ1) is 7.99. The lowest BCUT2D eigenvalue weighted by atomic mass is 9.90. The fraction of sp³-hybridized carbons (Fsp3) is 0.692. The Bertz CT molecular complexity index is 271. The van der Waals surface area contributed by atoms with Gasteiger partial charge >= 0.3 is 11.9 Å². The summed E-state index contributed by atoms with van der Waals surface area (Å²) in [5.41, 5.74) is 0. The molecule has 0 radical (unpaired) electrons. The standard InChI is InChI=1S/C13H22O4/c1-3-4-5-6-7-8-10(2)11(13(16)17)9-12(14)15/h7-8,10-11H,3-6,9H2,1-2H3,(H,14,15)(H,16,17). The number of rotatable bonds is 9. The molecule has 4 nitrogen and oxygen atoms in total. The van der Waals surface area contributed by atoms with Gasteiger partial charge in [-0.05, 0) is 18.8 Å². The number of hydrogen-bond acceptors (Lipinski definition) is 2. The van der Waals surface area contributed by atoms with E-state index in [1.807, 2.05) is 12.2 Å². The molecule has 2 atom stereocenters. The van der Waals surface area contributed by atoms with E-state index in [1.165, 1.54) is 0 Å². The van der Waals surface area contributed by atoms with E-state index in [1.54, 1.807) is 6.92 Å². The maximum Gasteiger partial charge on any atom is 0.307 e. The van der Waals surface area contributed by atoms with Crippen molar-refractivity contribution in [3.05, 3.63) is 12.2 Å². The average Bonchev–Trinajstić information content (AvgIpc) is 2.24. The largest absolute Gasteiger partial charge is 0.481 e. The molecular formula is C13H22O4. The summed E-state index contributed by atoms with van der Waals surface area (Å²) in [6, 6.07) is 0. The monoisotopic (exact) mass is 242 g/mol. The summed E-state index contributed by atoms with van der Waals surface area (Å²) in [4.78, 5) is 21.5. The Morgan fingerprint density at radius 1 is 1.24 bits per heavy atom. The van der Waals surface area contributed by atoms with Gasteiger partial charge in [-0.1, -0.05) is 38.8 Å². The Labute approximate surface area is 102 Å². The number of carbonyl (C=O) groups is 2. The van der Waals surface area contributed by atoms with Gasteiger partial charge in [0.2, 0.25) is 0 Å². The second-order valence-corrected chi connectivity index (χ2v) is 4.33. The van der Waals surface area contributed by atoms with Crippen LogP contribution in [0.2, 0.25) is 0 Å². The van der Waals surface area contributed by atoms with Crippen LogP contribution >= 0.6 is 0 Å². The van der Waals surface area contributed by atoms with Crippen LogP contribution in [0, 0.1) is 11.8 Å². The molecule has 0 aromatic rings. The number of unbranched alkanes of at least 4 members (excludes halogenated alkanes) is 3. The first-order valence-electron chi connectivity index (χ1n) is 6.10.